The van der Waals surface area contributed by atoms with Gasteiger partial charge in [-0.1, -0.05) is 6.92 Å². The van der Waals surface area contributed by atoms with E-state index in [0.29, 0.717) is 0 Å². The highest BCUT2D eigenvalue weighted by Gasteiger charge is 2.25. The number of rotatable bonds is 3. The quantitative estimate of drug-likeness (QED) is 0.734. The van der Waals surface area contributed by atoms with Crippen molar-refractivity contribution in [2.75, 3.05) is 26.3 Å². The van der Waals surface area contributed by atoms with E-state index in [2.05, 4.69) is 4.90 Å². The topological polar surface area (TPSA) is 49.8 Å². The van der Waals surface area contributed by atoms with Gasteiger partial charge in [-0.3, -0.25) is 9.69 Å². The predicted molar refractivity (Wildman–Crippen MR) is 53.3 cm³/mol. The molecule has 0 spiro atoms. The van der Waals surface area contributed by atoms with Crippen LogP contribution < -0.4 is 0 Å². The summed E-state index contributed by atoms with van der Waals surface area (Å²) in [6.45, 7) is 7.04. The van der Waals surface area contributed by atoms with Crippen LogP contribution in [0.5, 0.6) is 0 Å². The van der Waals surface area contributed by atoms with Gasteiger partial charge in [0.1, 0.15) is 0 Å². The Morgan fingerprint density at radius 2 is 2.07 bits per heavy atom. The third-order valence-corrected chi connectivity index (χ3v) is 2.95. The standard InChI is InChI=1S/C10H19NO3/c1-8(10(12)13)9(2)11-4-3-6-14-7-5-11/h8-9H,3-7H2,1-2H3,(H,12,13). The van der Waals surface area contributed by atoms with E-state index in [-0.39, 0.29) is 12.0 Å². The number of carboxylic acids is 1. The zero-order valence-electron chi connectivity index (χ0n) is 8.90. The fourth-order valence-corrected chi connectivity index (χ4v) is 1.70. The molecule has 1 rings (SSSR count). The van der Waals surface area contributed by atoms with Gasteiger partial charge in [-0.15, -0.1) is 0 Å². The summed E-state index contributed by atoms with van der Waals surface area (Å²) >= 11 is 0. The predicted octanol–water partition coefficient (Wildman–Crippen LogP) is 0.818. The van der Waals surface area contributed by atoms with Crippen LogP contribution in [0, 0.1) is 5.92 Å². The summed E-state index contributed by atoms with van der Waals surface area (Å²) in [6, 6.07) is 0.0919. The average Bonchev–Trinajstić information content (AvgIpc) is 2.43. The molecule has 0 saturated carbocycles. The summed E-state index contributed by atoms with van der Waals surface area (Å²) in [6.07, 6.45) is 0.997. The smallest absolute Gasteiger partial charge is 0.307 e. The van der Waals surface area contributed by atoms with E-state index in [9.17, 15) is 4.79 Å². The first-order valence-electron chi connectivity index (χ1n) is 5.17. The van der Waals surface area contributed by atoms with Crippen LogP contribution in [0.1, 0.15) is 20.3 Å². The molecule has 82 valence electrons. The normalized spacial score (nSPS) is 23.9. The molecule has 2 unspecified atom stereocenters. The minimum Gasteiger partial charge on any atom is -0.481 e. The molecule has 14 heavy (non-hydrogen) atoms. The van der Waals surface area contributed by atoms with Crippen molar-refractivity contribution >= 4 is 5.97 Å². The third kappa shape index (κ3) is 2.96. The SMILES string of the molecule is CC(C(=O)O)C(C)N1CCCOCC1. The first-order chi connectivity index (χ1) is 6.63. The van der Waals surface area contributed by atoms with Gasteiger partial charge in [-0.25, -0.2) is 0 Å². The maximum Gasteiger partial charge on any atom is 0.307 e. The number of ether oxygens (including phenoxy) is 1. The van der Waals surface area contributed by atoms with Crippen LogP contribution in [-0.2, 0) is 9.53 Å². The lowest BCUT2D eigenvalue weighted by atomic mass is 10.0. The number of hydrogen-bond acceptors (Lipinski definition) is 3. The zero-order valence-corrected chi connectivity index (χ0v) is 8.90. The lowest BCUT2D eigenvalue weighted by molar-refractivity contribution is -0.143. The van der Waals surface area contributed by atoms with Crippen molar-refractivity contribution in [2.24, 2.45) is 5.92 Å². The van der Waals surface area contributed by atoms with Gasteiger partial charge in [-0.05, 0) is 13.3 Å². The first kappa shape index (κ1) is 11.5. The summed E-state index contributed by atoms with van der Waals surface area (Å²) in [5.41, 5.74) is 0. The van der Waals surface area contributed by atoms with Crippen LogP contribution in [0.3, 0.4) is 0 Å². The van der Waals surface area contributed by atoms with E-state index in [1.807, 2.05) is 6.92 Å². The molecule has 0 bridgehead atoms. The van der Waals surface area contributed by atoms with Gasteiger partial charge in [0.05, 0.1) is 12.5 Å². The van der Waals surface area contributed by atoms with Gasteiger partial charge in [-0.2, -0.15) is 0 Å². The average molecular weight is 201 g/mol. The molecule has 0 aromatic carbocycles. The number of nitrogens with zero attached hydrogens (tertiary/aromatic N) is 1. The second kappa shape index (κ2) is 5.32. The van der Waals surface area contributed by atoms with Crippen molar-refractivity contribution in [3.8, 4) is 0 Å². The molecule has 1 fully saturated rings. The zero-order chi connectivity index (χ0) is 10.6. The van der Waals surface area contributed by atoms with Gasteiger partial charge in [0.25, 0.3) is 0 Å². The Balaban J connectivity index is 2.48. The van der Waals surface area contributed by atoms with E-state index < -0.39 is 5.97 Å². The molecular weight excluding hydrogens is 182 g/mol. The minimum absolute atomic E-state index is 0.0919. The largest absolute Gasteiger partial charge is 0.481 e. The molecular formula is C10H19NO3. The van der Waals surface area contributed by atoms with Crippen LogP contribution in [0.2, 0.25) is 0 Å². The molecule has 0 aliphatic carbocycles. The third-order valence-electron chi connectivity index (χ3n) is 2.95. The summed E-state index contributed by atoms with van der Waals surface area (Å²) < 4.78 is 5.33. The van der Waals surface area contributed by atoms with Crippen molar-refractivity contribution in [3.05, 3.63) is 0 Å². The summed E-state index contributed by atoms with van der Waals surface area (Å²) in [5, 5.41) is 8.90. The van der Waals surface area contributed by atoms with Crippen molar-refractivity contribution in [2.45, 2.75) is 26.3 Å². The minimum atomic E-state index is -0.720. The highest BCUT2D eigenvalue weighted by molar-refractivity contribution is 5.70. The molecule has 0 aromatic heterocycles. The molecule has 1 aliphatic rings. The second-order valence-corrected chi connectivity index (χ2v) is 3.87. The number of carboxylic acid groups (broad SMARTS) is 1. The Labute approximate surface area is 84.8 Å². The Morgan fingerprint density at radius 1 is 1.36 bits per heavy atom. The number of aliphatic carboxylic acids is 1. The molecule has 4 heteroatoms. The summed E-state index contributed by atoms with van der Waals surface area (Å²) in [4.78, 5) is 13.0. The maximum absolute atomic E-state index is 10.8. The van der Waals surface area contributed by atoms with E-state index in [0.717, 1.165) is 32.7 Å². The Hall–Kier alpha value is -0.610. The molecule has 1 saturated heterocycles. The van der Waals surface area contributed by atoms with Crippen LogP contribution >= 0.6 is 0 Å². The van der Waals surface area contributed by atoms with Gasteiger partial charge in [0.2, 0.25) is 0 Å². The van der Waals surface area contributed by atoms with Crippen molar-refractivity contribution in [1.82, 2.24) is 4.90 Å². The fraction of sp³-hybridized carbons (Fsp3) is 0.900. The molecule has 0 radical (unpaired) electrons. The molecule has 4 nitrogen and oxygen atoms in total. The lowest BCUT2D eigenvalue weighted by Crippen LogP contribution is -2.41. The van der Waals surface area contributed by atoms with E-state index >= 15 is 0 Å². The van der Waals surface area contributed by atoms with E-state index in [4.69, 9.17) is 9.84 Å². The first-order valence-corrected chi connectivity index (χ1v) is 5.17. The monoisotopic (exact) mass is 201 g/mol. The second-order valence-electron chi connectivity index (χ2n) is 3.87. The van der Waals surface area contributed by atoms with Crippen molar-refractivity contribution < 1.29 is 14.6 Å². The van der Waals surface area contributed by atoms with Crippen molar-refractivity contribution in [1.29, 1.82) is 0 Å². The lowest BCUT2D eigenvalue weighted by Gasteiger charge is -2.29. The van der Waals surface area contributed by atoms with Crippen LogP contribution in [0.15, 0.2) is 0 Å². The van der Waals surface area contributed by atoms with E-state index in [1.165, 1.54) is 0 Å². The molecule has 2 atom stereocenters. The highest BCUT2D eigenvalue weighted by atomic mass is 16.5. The van der Waals surface area contributed by atoms with Crippen molar-refractivity contribution in [3.63, 3.8) is 0 Å². The highest BCUT2D eigenvalue weighted by Crippen LogP contribution is 2.13. The number of carbonyl (C=O) groups is 1. The summed E-state index contributed by atoms with van der Waals surface area (Å²) in [5.74, 6) is -1.03. The Morgan fingerprint density at radius 3 is 2.71 bits per heavy atom. The van der Waals surface area contributed by atoms with Crippen LogP contribution in [0.4, 0.5) is 0 Å². The fourth-order valence-electron chi connectivity index (χ4n) is 1.70. The maximum atomic E-state index is 10.8. The van der Waals surface area contributed by atoms with E-state index in [1.54, 1.807) is 6.92 Å². The molecule has 0 amide bonds. The van der Waals surface area contributed by atoms with Crippen LogP contribution in [0.25, 0.3) is 0 Å². The molecule has 1 aliphatic heterocycles. The Bertz CT molecular complexity index is 188. The molecule has 0 aromatic rings. The molecule has 1 heterocycles. The van der Waals surface area contributed by atoms with Crippen LogP contribution in [-0.4, -0.2) is 48.3 Å². The number of hydrogen-bond donors (Lipinski definition) is 1. The van der Waals surface area contributed by atoms with Gasteiger partial charge < -0.3 is 9.84 Å². The van der Waals surface area contributed by atoms with Gasteiger partial charge in [0, 0.05) is 25.7 Å². The summed E-state index contributed by atoms with van der Waals surface area (Å²) in [7, 11) is 0. The van der Waals surface area contributed by atoms with Gasteiger partial charge >= 0.3 is 5.97 Å². The van der Waals surface area contributed by atoms with Gasteiger partial charge in [0.15, 0.2) is 0 Å². The molecule has 1 N–H and O–H groups in total. The Kier molecular flexibility index (Phi) is 4.35.